The number of carboxylic acids is 1. The zero-order chi connectivity index (χ0) is 21.8. The maximum atomic E-state index is 12.9. The molecule has 1 N–H and O–H groups in total. The second-order valence-electron chi connectivity index (χ2n) is 6.88. The minimum Gasteiger partial charge on any atom is -0.478 e. The van der Waals surface area contributed by atoms with Crippen molar-refractivity contribution in [3.05, 3.63) is 83.0 Å². The first-order valence-electron chi connectivity index (χ1n) is 9.84. The summed E-state index contributed by atoms with van der Waals surface area (Å²) in [6.07, 6.45) is 2.54. The molecule has 1 amide bonds. The summed E-state index contributed by atoms with van der Waals surface area (Å²) in [5.74, 6) is 0.0801. The van der Waals surface area contributed by atoms with Crippen LogP contribution in [0.5, 0.6) is 0 Å². The molecule has 31 heavy (non-hydrogen) atoms. The molecule has 0 radical (unpaired) electrons. The van der Waals surface area contributed by atoms with Gasteiger partial charge in [-0.1, -0.05) is 37.3 Å². The summed E-state index contributed by atoms with van der Waals surface area (Å²) in [7, 11) is 0. The Labute approximate surface area is 183 Å². The highest BCUT2D eigenvalue weighted by molar-refractivity contribution is 8.18. The molecule has 2 aromatic carbocycles. The summed E-state index contributed by atoms with van der Waals surface area (Å²) in [5, 5.41) is 9.68. The van der Waals surface area contributed by atoms with Crippen molar-refractivity contribution in [2.45, 2.75) is 13.3 Å². The molecule has 1 fully saturated rings. The first-order chi connectivity index (χ1) is 15.0. The van der Waals surface area contributed by atoms with Gasteiger partial charge in [0.2, 0.25) is 0 Å². The van der Waals surface area contributed by atoms with Crippen molar-refractivity contribution in [3.8, 4) is 11.3 Å². The Morgan fingerprint density at radius 1 is 1.10 bits per heavy atom. The van der Waals surface area contributed by atoms with Crippen LogP contribution in [0.4, 0.5) is 5.69 Å². The number of carbonyl (C=O) groups is 2. The zero-order valence-electron chi connectivity index (χ0n) is 16.8. The maximum absolute atomic E-state index is 12.9. The number of amidine groups is 1. The number of carbonyl (C=O) groups excluding carboxylic acids is 1. The Balaban J connectivity index is 1.59. The minimum absolute atomic E-state index is 0.0923. The third-order valence-electron chi connectivity index (χ3n) is 4.63. The van der Waals surface area contributed by atoms with E-state index in [9.17, 15) is 9.59 Å². The van der Waals surface area contributed by atoms with Crippen LogP contribution >= 0.6 is 11.8 Å². The van der Waals surface area contributed by atoms with Gasteiger partial charge in [0.1, 0.15) is 11.5 Å². The fourth-order valence-electron chi connectivity index (χ4n) is 3.12. The Bertz CT molecular complexity index is 1160. The van der Waals surface area contributed by atoms with E-state index in [4.69, 9.17) is 9.52 Å². The molecule has 0 saturated carbocycles. The standard InChI is InChI=1S/C24H20N2O4S/c1-2-14-26-22(27)21(31-24(26)25-18-6-4-3-5-7-18)15-19-12-13-20(30-19)16-8-10-17(11-9-16)23(28)29/h3-13,15H,2,14H2,1H3,(H,28,29)/b21-15+,25-24?. The number of hydrogen-bond acceptors (Lipinski definition) is 5. The van der Waals surface area contributed by atoms with Crippen LogP contribution in [0.3, 0.4) is 0 Å². The van der Waals surface area contributed by atoms with Gasteiger partial charge in [-0.3, -0.25) is 9.69 Å². The first-order valence-corrected chi connectivity index (χ1v) is 10.7. The molecule has 156 valence electrons. The number of aromatic carboxylic acids is 1. The highest BCUT2D eigenvalue weighted by Gasteiger charge is 2.33. The number of nitrogens with zero attached hydrogens (tertiary/aromatic N) is 2. The van der Waals surface area contributed by atoms with Gasteiger partial charge in [0, 0.05) is 18.2 Å². The van der Waals surface area contributed by atoms with Gasteiger partial charge in [0.15, 0.2) is 5.17 Å². The van der Waals surface area contributed by atoms with Crippen LogP contribution in [-0.4, -0.2) is 33.6 Å². The molecule has 6 nitrogen and oxygen atoms in total. The van der Waals surface area contributed by atoms with E-state index < -0.39 is 5.97 Å². The molecule has 4 rings (SSSR count). The van der Waals surface area contributed by atoms with Crippen molar-refractivity contribution in [1.29, 1.82) is 0 Å². The molecule has 1 aliphatic heterocycles. The van der Waals surface area contributed by atoms with E-state index in [1.54, 1.807) is 35.2 Å². The van der Waals surface area contributed by atoms with Crippen LogP contribution in [0.1, 0.15) is 29.5 Å². The highest BCUT2D eigenvalue weighted by Crippen LogP contribution is 2.35. The lowest BCUT2D eigenvalue weighted by atomic mass is 10.1. The smallest absolute Gasteiger partial charge is 0.335 e. The number of para-hydroxylation sites is 1. The topological polar surface area (TPSA) is 83.1 Å². The molecule has 3 aromatic rings. The number of rotatable bonds is 6. The molecule has 0 spiro atoms. The highest BCUT2D eigenvalue weighted by atomic mass is 32.2. The van der Waals surface area contributed by atoms with Crippen molar-refractivity contribution in [2.24, 2.45) is 4.99 Å². The van der Waals surface area contributed by atoms with E-state index >= 15 is 0 Å². The van der Waals surface area contributed by atoms with Crippen LogP contribution in [0.25, 0.3) is 17.4 Å². The SMILES string of the molecule is CCCN1C(=O)/C(=C\c2ccc(-c3ccc(C(=O)O)cc3)o2)SC1=Nc1ccccc1. The summed E-state index contributed by atoms with van der Waals surface area (Å²) in [6.45, 7) is 2.61. The van der Waals surface area contributed by atoms with Gasteiger partial charge >= 0.3 is 5.97 Å². The average molecular weight is 433 g/mol. The van der Waals surface area contributed by atoms with Crippen molar-refractivity contribution < 1.29 is 19.1 Å². The van der Waals surface area contributed by atoms with Gasteiger partial charge in [0.05, 0.1) is 16.2 Å². The molecule has 0 bridgehead atoms. The van der Waals surface area contributed by atoms with Crippen LogP contribution in [0.15, 0.2) is 81.0 Å². The largest absolute Gasteiger partial charge is 0.478 e. The van der Waals surface area contributed by atoms with Crippen molar-refractivity contribution in [2.75, 3.05) is 6.54 Å². The Morgan fingerprint density at radius 2 is 1.84 bits per heavy atom. The quantitative estimate of drug-likeness (QED) is 0.508. The normalized spacial score (nSPS) is 16.4. The van der Waals surface area contributed by atoms with Crippen molar-refractivity contribution in [3.63, 3.8) is 0 Å². The number of furan rings is 1. The Morgan fingerprint density at radius 3 is 2.52 bits per heavy atom. The molecule has 2 heterocycles. The predicted molar refractivity (Wildman–Crippen MR) is 122 cm³/mol. The van der Waals surface area contributed by atoms with Crippen LogP contribution in [0.2, 0.25) is 0 Å². The van der Waals surface area contributed by atoms with Gasteiger partial charge < -0.3 is 9.52 Å². The van der Waals surface area contributed by atoms with Gasteiger partial charge in [-0.15, -0.1) is 0 Å². The number of benzene rings is 2. The molecule has 1 saturated heterocycles. The summed E-state index contributed by atoms with van der Waals surface area (Å²) < 4.78 is 5.88. The fraction of sp³-hybridized carbons (Fsp3) is 0.125. The van der Waals surface area contributed by atoms with Crippen LogP contribution < -0.4 is 0 Å². The predicted octanol–water partition coefficient (Wildman–Crippen LogP) is 5.66. The van der Waals surface area contributed by atoms with Crippen LogP contribution in [-0.2, 0) is 4.79 Å². The summed E-state index contributed by atoms with van der Waals surface area (Å²) in [5.41, 5.74) is 1.77. The van der Waals surface area contributed by atoms with Gasteiger partial charge in [-0.05, 0) is 54.6 Å². The summed E-state index contributed by atoms with van der Waals surface area (Å²) in [6, 6.07) is 19.6. The molecule has 0 atom stereocenters. The summed E-state index contributed by atoms with van der Waals surface area (Å²) in [4.78, 5) is 30.8. The van der Waals surface area contributed by atoms with E-state index in [0.29, 0.717) is 28.1 Å². The third-order valence-corrected chi connectivity index (χ3v) is 5.64. The maximum Gasteiger partial charge on any atom is 0.335 e. The Hall–Kier alpha value is -3.58. The molecule has 7 heteroatoms. The van der Waals surface area contributed by atoms with Crippen LogP contribution in [0, 0.1) is 0 Å². The van der Waals surface area contributed by atoms with Gasteiger partial charge in [-0.2, -0.15) is 0 Å². The number of thioether (sulfide) groups is 1. The van der Waals surface area contributed by atoms with Gasteiger partial charge in [-0.25, -0.2) is 9.79 Å². The second-order valence-corrected chi connectivity index (χ2v) is 7.89. The lowest BCUT2D eigenvalue weighted by molar-refractivity contribution is -0.122. The minimum atomic E-state index is -0.974. The summed E-state index contributed by atoms with van der Waals surface area (Å²) >= 11 is 1.33. The third kappa shape index (κ3) is 4.62. The van der Waals surface area contributed by atoms with E-state index in [1.165, 1.54) is 23.9 Å². The zero-order valence-corrected chi connectivity index (χ0v) is 17.6. The number of carboxylic acid groups (broad SMARTS) is 1. The lowest BCUT2D eigenvalue weighted by Gasteiger charge is -2.13. The van der Waals surface area contributed by atoms with E-state index in [0.717, 1.165) is 17.7 Å². The molecule has 1 aliphatic rings. The number of hydrogen-bond donors (Lipinski definition) is 1. The average Bonchev–Trinajstić information content (AvgIpc) is 3.35. The van der Waals surface area contributed by atoms with Crippen molar-refractivity contribution >= 4 is 40.6 Å². The lowest BCUT2D eigenvalue weighted by Crippen LogP contribution is -2.29. The molecular formula is C24H20N2O4S. The van der Waals surface area contributed by atoms with E-state index in [1.807, 2.05) is 37.3 Å². The monoisotopic (exact) mass is 432 g/mol. The van der Waals surface area contributed by atoms with E-state index in [-0.39, 0.29) is 11.5 Å². The molecular weight excluding hydrogens is 412 g/mol. The molecule has 1 aromatic heterocycles. The van der Waals surface area contributed by atoms with E-state index in [2.05, 4.69) is 4.99 Å². The molecule has 0 aliphatic carbocycles. The number of aliphatic imine (C=N–C) groups is 1. The first kappa shape index (κ1) is 20.7. The van der Waals surface area contributed by atoms with Crippen molar-refractivity contribution in [1.82, 2.24) is 4.90 Å². The second kappa shape index (κ2) is 9.06. The Kier molecular flexibility index (Phi) is 6.04. The number of amides is 1. The fourth-order valence-corrected chi connectivity index (χ4v) is 4.12. The van der Waals surface area contributed by atoms with Gasteiger partial charge in [0.25, 0.3) is 5.91 Å². The molecule has 0 unspecified atom stereocenters.